The fourth-order valence-electron chi connectivity index (χ4n) is 2.81. The average Bonchev–Trinajstić information content (AvgIpc) is 3.19. The van der Waals surface area contributed by atoms with Crippen molar-refractivity contribution in [3.63, 3.8) is 0 Å². The van der Waals surface area contributed by atoms with Gasteiger partial charge in [-0.1, -0.05) is 60.2 Å². The zero-order valence-electron chi connectivity index (χ0n) is 18.0. The molecule has 164 valence electrons. The van der Waals surface area contributed by atoms with Crippen molar-refractivity contribution in [1.29, 1.82) is 0 Å². The van der Waals surface area contributed by atoms with Crippen LogP contribution in [0.15, 0.2) is 42.5 Å². The molecule has 0 saturated carbocycles. The number of halogens is 1. The minimum atomic E-state index is -0.422. The van der Waals surface area contributed by atoms with Gasteiger partial charge in [-0.15, -0.1) is 10.2 Å². The first kappa shape index (κ1) is 23.0. The van der Waals surface area contributed by atoms with E-state index in [0.29, 0.717) is 28.2 Å². The molecule has 0 spiro atoms. The molecule has 7 nitrogen and oxygen atoms in total. The largest absolute Gasteiger partial charge is 0.490 e. The lowest BCUT2D eigenvalue weighted by atomic mass is 10.0. The van der Waals surface area contributed by atoms with E-state index in [4.69, 9.17) is 16.3 Å². The van der Waals surface area contributed by atoms with Crippen molar-refractivity contribution in [2.24, 2.45) is 0 Å². The van der Waals surface area contributed by atoms with Crippen molar-refractivity contribution >= 4 is 39.8 Å². The van der Waals surface area contributed by atoms with Crippen molar-refractivity contribution in [2.45, 2.75) is 19.8 Å². The second kappa shape index (κ2) is 10.6. The summed E-state index contributed by atoms with van der Waals surface area (Å²) in [6.07, 6.45) is 0. The van der Waals surface area contributed by atoms with E-state index < -0.39 is 6.03 Å². The predicted octanol–water partition coefficient (Wildman–Crippen LogP) is 5.24. The Hall–Kier alpha value is -2.68. The van der Waals surface area contributed by atoms with Crippen LogP contribution in [0, 0.1) is 6.92 Å². The zero-order valence-corrected chi connectivity index (χ0v) is 19.5. The normalized spacial score (nSPS) is 11.9. The molecule has 2 N–H and O–H groups in total. The maximum atomic E-state index is 12.6. The number of rotatable bonds is 8. The van der Waals surface area contributed by atoms with Gasteiger partial charge in [0.25, 0.3) is 0 Å². The second-order valence-corrected chi connectivity index (χ2v) is 8.82. The number of hydrogen-bond acceptors (Lipinski definition) is 6. The molecule has 31 heavy (non-hydrogen) atoms. The first-order valence-corrected chi connectivity index (χ1v) is 11.1. The second-order valence-electron chi connectivity index (χ2n) is 7.41. The van der Waals surface area contributed by atoms with Gasteiger partial charge in [0.15, 0.2) is 0 Å². The molecule has 9 heteroatoms. The summed E-state index contributed by atoms with van der Waals surface area (Å²) in [6.45, 7) is 5.15. The molecule has 0 aliphatic rings. The maximum absolute atomic E-state index is 12.6. The number of aromatic nitrogens is 2. The summed E-state index contributed by atoms with van der Waals surface area (Å²) in [5, 5.41) is 15.8. The van der Waals surface area contributed by atoms with E-state index in [1.807, 2.05) is 56.3 Å². The summed E-state index contributed by atoms with van der Waals surface area (Å²) in [6, 6.07) is 13.1. The molecule has 3 rings (SSSR count). The van der Waals surface area contributed by atoms with Crippen molar-refractivity contribution in [2.75, 3.05) is 37.9 Å². The zero-order chi connectivity index (χ0) is 22.4. The highest BCUT2D eigenvalue weighted by atomic mass is 35.5. The molecule has 1 atom stereocenters. The van der Waals surface area contributed by atoms with Crippen LogP contribution in [0.5, 0.6) is 5.75 Å². The van der Waals surface area contributed by atoms with Gasteiger partial charge in [0, 0.05) is 23.6 Å². The third-order valence-corrected chi connectivity index (χ3v) is 6.06. The van der Waals surface area contributed by atoms with Crippen LogP contribution in [0.2, 0.25) is 5.02 Å². The smallest absolute Gasteiger partial charge is 0.325 e. The van der Waals surface area contributed by atoms with Crippen LogP contribution in [0.3, 0.4) is 0 Å². The number of urea groups is 1. The first-order valence-electron chi connectivity index (χ1n) is 9.87. The van der Waals surface area contributed by atoms with E-state index in [9.17, 15) is 4.79 Å². The van der Waals surface area contributed by atoms with Crippen LogP contribution < -0.4 is 15.4 Å². The summed E-state index contributed by atoms with van der Waals surface area (Å²) in [5.74, 6) is 0.608. The number of anilines is 2. The number of hydrogen-bond donors (Lipinski definition) is 2. The summed E-state index contributed by atoms with van der Waals surface area (Å²) in [7, 11) is 3.93. The number of aryl methyl sites for hydroxylation is 1. The Kier molecular flexibility index (Phi) is 7.84. The van der Waals surface area contributed by atoms with Gasteiger partial charge in [0.05, 0.1) is 5.69 Å². The Morgan fingerprint density at radius 2 is 1.94 bits per heavy atom. The van der Waals surface area contributed by atoms with Crippen LogP contribution in [0.25, 0.3) is 0 Å². The van der Waals surface area contributed by atoms with Crippen LogP contribution >= 0.6 is 22.9 Å². The number of amides is 2. The number of likely N-dealkylation sites (N-methyl/N-ethyl adjacent to an activating group) is 1. The van der Waals surface area contributed by atoms with Crippen molar-refractivity contribution in [3.8, 4) is 5.75 Å². The van der Waals surface area contributed by atoms with Crippen molar-refractivity contribution in [3.05, 3.63) is 63.6 Å². The molecular weight excluding hydrogens is 434 g/mol. The monoisotopic (exact) mass is 459 g/mol. The van der Waals surface area contributed by atoms with Gasteiger partial charge in [0.1, 0.15) is 17.4 Å². The fourth-order valence-corrected chi connectivity index (χ4v) is 3.79. The van der Waals surface area contributed by atoms with E-state index in [2.05, 4.69) is 27.8 Å². The molecule has 0 bridgehead atoms. The predicted molar refractivity (Wildman–Crippen MR) is 127 cm³/mol. The van der Waals surface area contributed by atoms with Gasteiger partial charge in [-0.2, -0.15) is 0 Å². The molecular formula is C22H26ClN5O2S. The van der Waals surface area contributed by atoms with E-state index in [0.717, 1.165) is 22.7 Å². The molecule has 0 radical (unpaired) electrons. The minimum Gasteiger partial charge on any atom is -0.490 e. The van der Waals surface area contributed by atoms with Gasteiger partial charge < -0.3 is 15.0 Å². The summed E-state index contributed by atoms with van der Waals surface area (Å²) in [5.41, 5.74) is 2.53. The molecule has 0 fully saturated rings. The highest BCUT2D eigenvalue weighted by Gasteiger charge is 2.16. The summed E-state index contributed by atoms with van der Waals surface area (Å²) in [4.78, 5) is 14.6. The lowest BCUT2D eigenvalue weighted by Crippen LogP contribution is -2.22. The van der Waals surface area contributed by atoms with Gasteiger partial charge in [-0.3, -0.25) is 5.32 Å². The van der Waals surface area contributed by atoms with Crippen molar-refractivity contribution < 1.29 is 9.53 Å². The fraction of sp³-hybridized carbons (Fsp3) is 0.318. The lowest BCUT2D eigenvalue weighted by Gasteiger charge is -2.16. The van der Waals surface area contributed by atoms with Gasteiger partial charge >= 0.3 is 6.03 Å². The first-order chi connectivity index (χ1) is 14.8. The Morgan fingerprint density at radius 3 is 2.65 bits per heavy atom. The molecule has 0 aliphatic carbocycles. The maximum Gasteiger partial charge on any atom is 0.325 e. The number of carbonyl (C=O) groups excluding carboxylic acids is 1. The lowest BCUT2D eigenvalue weighted by molar-refractivity contribution is 0.258. The third-order valence-electron chi connectivity index (χ3n) is 4.64. The van der Waals surface area contributed by atoms with Gasteiger partial charge in [-0.05, 0) is 38.2 Å². The van der Waals surface area contributed by atoms with Gasteiger partial charge in [0.2, 0.25) is 5.13 Å². The number of nitrogens with one attached hydrogen (secondary N) is 2. The Morgan fingerprint density at radius 1 is 1.19 bits per heavy atom. The number of ether oxygens (including phenoxy) is 1. The SMILES string of the molecule is Cc1cc(NC(=O)Nc2nnc(C(C)c3ccccc3)s2)c(OCCN(C)C)cc1Cl. The minimum absolute atomic E-state index is 0.0907. The highest BCUT2D eigenvalue weighted by Crippen LogP contribution is 2.32. The Bertz CT molecular complexity index is 1030. The molecule has 1 heterocycles. The summed E-state index contributed by atoms with van der Waals surface area (Å²) < 4.78 is 5.83. The number of nitrogens with zero attached hydrogens (tertiary/aromatic N) is 3. The van der Waals surface area contributed by atoms with E-state index in [-0.39, 0.29) is 5.92 Å². The van der Waals surface area contributed by atoms with Crippen LogP contribution in [-0.4, -0.2) is 48.4 Å². The molecule has 1 aromatic heterocycles. The Balaban J connectivity index is 1.67. The van der Waals surface area contributed by atoms with Crippen molar-refractivity contribution in [1.82, 2.24) is 15.1 Å². The number of benzene rings is 2. The quantitative estimate of drug-likeness (QED) is 0.481. The van der Waals surface area contributed by atoms with E-state index >= 15 is 0 Å². The number of carbonyl (C=O) groups is 1. The van der Waals surface area contributed by atoms with E-state index in [1.165, 1.54) is 11.3 Å². The molecule has 0 aliphatic heterocycles. The molecule has 2 aromatic carbocycles. The van der Waals surface area contributed by atoms with Crippen LogP contribution in [-0.2, 0) is 0 Å². The van der Waals surface area contributed by atoms with Crippen LogP contribution in [0.4, 0.5) is 15.6 Å². The third kappa shape index (κ3) is 6.40. The standard InChI is InChI=1S/C22H26ClN5O2S/c1-14-12-18(19(13-17(14)23)30-11-10-28(3)4)24-21(29)25-22-27-26-20(31-22)15(2)16-8-6-5-7-9-16/h5-9,12-13,15H,10-11H2,1-4H3,(H2,24,25,27,29). The van der Waals surface area contributed by atoms with E-state index in [1.54, 1.807) is 12.1 Å². The molecule has 1 unspecified atom stereocenters. The molecule has 2 amide bonds. The Labute approximate surface area is 191 Å². The molecule has 0 saturated heterocycles. The summed E-state index contributed by atoms with van der Waals surface area (Å²) >= 11 is 7.59. The van der Waals surface area contributed by atoms with Gasteiger partial charge in [-0.25, -0.2) is 4.79 Å². The molecule has 3 aromatic rings. The average molecular weight is 460 g/mol. The van der Waals surface area contributed by atoms with Crippen LogP contribution in [0.1, 0.15) is 29.0 Å². The highest BCUT2D eigenvalue weighted by molar-refractivity contribution is 7.15. The topological polar surface area (TPSA) is 79.4 Å².